The predicted octanol–water partition coefficient (Wildman–Crippen LogP) is 1.66. The van der Waals surface area contributed by atoms with Crippen molar-refractivity contribution in [1.82, 2.24) is 10.3 Å². The van der Waals surface area contributed by atoms with E-state index in [9.17, 15) is 5.11 Å². The van der Waals surface area contributed by atoms with E-state index < -0.39 is 6.10 Å². The molecule has 102 valence electrons. The molecule has 0 radical (unpaired) electrons. The SMILES string of the molecule is Cc1cnccc1CNCC(O)COC(C)(C)C. The second-order valence-electron chi connectivity index (χ2n) is 5.51. The lowest BCUT2D eigenvalue weighted by atomic mass is 10.1. The van der Waals surface area contributed by atoms with Crippen molar-refractivity contribution in [3.63, 3.8) is 0 Å². The van der Waals surface area contributed by atoms with Gasteiger partial charge < -0.3 is 15.2 Å². The Balaban J connectivity index is 2.24. The van der Waals surface area contributed by atoms with Crippen molar-refractivity contribution >= 4 is 0 Å². The molecule has 1 aromatic heterocycles. The molecule has 0 saturated carbocycles. The Morgan fingerprint density at radius 2 is 2.17 bits per heavy atom. The van der Waals surface area contributed by atoms with Crippen molar-refractivity contribution in [2.75, 3.05) is 13.2 Å². The molecule has 0 fully saturated rings. The highest BCUT2D eigenvalue weighted by atomic mass is 16.5. The van der Waals surface area contributed by atoms with E-state index in [1.165, 1.54) is 5.56 Å². The summed E-state index contributed by atoms with van der Waals surface area (Å²) in [5, 5.41) is 13.0. The Kier molecular flexibility index (Phi) is 5.72. The topological polar surface area (TPSA) is 54.4 Å². The van der Waals surface area contributed by atoms with E-state index in [-0.39, 0.29) is 5.60 Å². The van der Waals surface area contributed by atoms with Crippen molar-refractivity contribution < 1.29 is 9.84 Å². The van der Waals surface area contributed by atoms with Gasteiger partial charge in [-0.2, -0.15) is 0 Å². The second kappa shape index (κ2) is 6.83. The van der Waals surface area contributed by atoms with E-state index in [2.05, 4.69) is 10.3 Å². The Bertz CT molecular complexity index is 361. The second-order valence-corrected chi connectivity index (χ2v) is 5.51. The van der Waals surface area contributed by atoms with Crippen LogP contribution in [0.5, 0.6) is 0 Å². The smallest absolute Gasteiger partial charge is 0.0898 e. The standard InChI is InChI=1S/C14H24N2O2/c1-11-7-15-6-5-12(11)8-16-9-13(17)10-18-14(2,3)4/h5-7,13,16-17H,8-10H2,1-4H3. The van der Waals surface area contributed by atoms with Gasteiger partial charge in [0, 0.05) is 25.5 Å². The molecule has 0 aliphatic heterocycles. The first-order valence-electron chi connectivity index (χ1n) is 6.31. The number of ether oxygens (including phenoxy) is 1. The molecule has 0 spiro atoms. The van der Waals surface area contributed by atoms with Gasteiger partial charge in [0.05, 0.1) is 18.3 Å². The van der Waals surface area contributed by atoms with Crippen LogP contribution in [0.2, 0.25) is 0 Å². The van der Waals surface area contributed by atoms with E-state index in [4.69, 9.17) is 4.74 Å². The number of aliphatic hydroxyl groups excluding tert-OH is 1. The molecule has 0 aliphatic rings. The lowest BCUT2D eigenvalue weighted by molar-refractivity contribution is -0.0479. The fourth-order valence-electron chi connectivity index (χ4n) is 1.48. The Morgan fingerprint density at radius 1 is 1.44 bits per heavy atom. The molecule has 0 amide bonds. The summed E-state index contributed by atoms with van der Waals surface area (Å²) in [5.41, 5.74) is 2.15. The highest BCUT2D eigenvalue weighted by Gasteiger charge is 2.13. The van der Waals surface area contributed by atoms with Gasteiger partial charge in [0.15, 0.2) is 0 Å². The average Bonchev–Trinajstić information content (AvgIpc) is 2.28. The molecule has 0 bridgehead atoms. The summed E-state index contributed by atoms with van der Waals surface area (Å²) < 4.78 is 5.52. The molecule has 1 atom stereocenters. The number of aryl methyl sites for hydroxylation is 1. The van der Waals surface area contributed by atoms with E-state index >= 15 is 0 Å². The number of nitrogens with zero attached hydrogens (tertiary/aromatic N) is 1. The van der Waals surface area contributed by atoms with Crippen LogP contribution in [-0.2, 0) is 11.3 Å². The maximum absolute atomic E-state index is 9.76. The van der Waals surface area contributed by atoms with Crippen LogP contribution in [0.4, 0.5) is 0 Å². The Morgan fingerprint density at radius 3 is 2.78 bits per heavy atom. The number of nitrogens with one attached hydrogen (secondary N) is 1. The summed E-state index contributed by atoms with van der Waals surface area (Å²) in [7, 11) is 0. The molecule has 1 heterocycles. The first-order valence-corrected chi connectivity index (χ1v) is 6.31. The third-order valence-corrected chi connectivity index (χ3v) is 2.54. The molecule has 18 heavy (non-hydrogen) atoms. The van der Waals surface area contributed by atoms with Gasteiger partial charge >= 0.3 is 0 Å². The minimum atomic E-state index is -0.480. The molecule has 0 saturated heterocycles. The lowest BCUT2D eigenvalue weighted by Gasteiger charge is -2.22. The summed E-state index contributed by atoms with van der Waals surface area (Å²) >= 11 is 0. The van der Waals surface area contributed by atoms with Crippen LogP contribution in [0.3, 0.4) is 0 Å². The third kappa shape index (κ3) is 6.10. The normalized spacial score (nSPS) is 13.6. The van der Waals surface area contributed by atoms with Crippen molar-refractivity contribution in [3.05, 3.63) is 29.6 Å². The van der Waals surface area contributed by atoms with Crippen molar-refractivity contribution in [2.24, 2.45) is 0 Å². The lowest BCUT2D eigenvalue weighted by Crippen LogP contribution is -2.33. The summed E-state index contributed by atoms with van der Waals surface area (Å²) in [6.07, 6.45) is 3.14. The van der Waals surface area contributed by atoms with E-state index in [1.807, 2.05) is 40.0 Å². The number of hydrogen-bond acceptors (Lipinski definition) is 4. The first-order chi connectivity index (χ1) is 8.38. The minimum absolute atomic E-state index is 0.206. The van der Waals surface area contributed by atoms with Crippen LogP contribution in [-0.4, -0.2) is 34.9 Å². The van der Waals surface area contributed by atoms with Crippen LogP contribution < -0.4 is 5.32 Å². The number of aromatic nitrogens is 1. The van der Waals surface area contributed by atoms with E-state index in [1.54, 1.807) is 6.20 Å². The highest BCUT2D eigenvalue weighted by molar-refractivity contribution is 5.21. The zero-order valence-corrected chi connectivity index (χ0v) is 11.7. The zero-order chi connectivity index (χ0) is 13.6. The van der Waals surface area contributed by atoms with Gasteiger partial charge in [-0.15, -0.1) is 0 Å². The zero-order valence-electron chi connectivity index (χ0n) is 11.7. The Hall–Kier alpha value is -0.970. The molecule has 4 heteroatoms. The summed E-state index contributed by atoms with van der Waals surface area (Å²) in [6, 6.07) is 1.99. The number of hydrogen-bond donors (Lipinski definition) is 2. The quantitative estimate of drug-likeness (QED) is 0.808. The van der Waals surface area contributed by atoms with Crippen molar-refractivity contribution in [1.29, 1.82) is 0 Å². The van der Waals surface area contributed by atoms with Crippen LogP contribution in [0.25, 0.3) is 0 Å². The van der Waals surface area contributed by atoms with Gasteiger partial charge in [0.25, 0.3) is 0 Å². The van der Waals surface area contributed by atoms with E-state index in [0.717, 1.165) is 12.1 Å². The Labute approximate surface area is 109 Å². The van der Waals surface area contributed by atoms with Crippen molar-refractivity contribution in [3.8, 4) is 0 Å². The highest BCUT2D eigenvalue weighted by Crippen LogP contribution is 2.07. The van der Waals surface area contributed by atoms with Crippen LogP contribution in [0.15, 0.2) is 18.5 Å². The van der Waals surface area contributed by atoms with Crippen LogP contribution in [0.1, 0.15) is 31.9 Å². The number of pyridine rings is 1. The molecule has 1 aromatic rings. The monoisotopic (exact) mass is 252 g/mol. The van der Waals surface area contributed by atoms with Gasteiger partial charge in [-0.3, -0.25) is 4.98 Å². The van der Waals surface area contributed by atoms with E-state index in [0.29, 0.717) is 13.2 Å². The van der Waals surface area contributed by atoms with Crippen LogP contribution in [0, 0.1) is 6.92 Å². The van der Waals surface area contributed by atoms with Crippen molar-refractivity contribution in [2.45, 2.75) is 45.9 Å². The van der Waals surface area contributed by atoms with Gasteiger partial charge in [-0.05, 0) is 44.9 Å². The maximum Gasteiger partial charge on any atom is 0.0898 e. The molecule has 0 aliphatic carbocycles. The largest absolute Gasteiger partial charge is 0.389 e. The van der Waals surface area contributed by atoms with Gasteiger partial charge in [0.2, 0.25) is 0 Å². The average molecular weight is 252 g/mol. The fraction of sp³-hybridized carbons (Fsp3) is 0.643. The summed E-state index contributed by atoms with van der Waals surface area (Å²) in [6.45, 7) is 9.59. The molecule has 0 aromatic carbocycles. The van der Waals surface area contributed by atoms with Crippen LogP contribution >= 0.6 is 0 Å². The predicted molar refractivity (Wildman–Crippen MR) is 72.4 cm³/mol. The first kappa shape index (κ1) is 15.1. The number of rotatable bonds is 6. The fourth-order valence-corrected chi connectivity index (χ4v) is 1.48. The molecule has 1 rings (SSSR count). The molecule has 4 nitrogen and oxygen atoms in total. The van der Waals surface area contributed by atoms with Gasteiger partial charge in [0.1, 0.15) is 0 Å². The molecular weight excluding hydrogens is 228 g/mol. The molecular formula is C14H24N2O2. The summed E-state index contributed by atoms with van der Waals surface area (Å²) in [5.74, 6) is 0. The third-order valence-electron chi connectivity index (χ3n) is 2.54. The van der Waals surface area contributed by atoms with Gasteiger partial charge in [-0.25, -0.2) is 0 Å². The summed E-state index contributed by atoms with van der Waals surface area (Å²) in [4.78, 5) is 4.05. The van der Waals surface area contributed by atoms with Gasteiger partial charge in [-0.1, -0.05) is 0 Å². The number of aliphatic hydroxyl groups is 1. The minimum Gasteiger partial charge on any atom is -0.389 e. The molecule has 2 N–H and O–H groups in total. The maximum atomic E-state index is 9.76. The molecule has 1 unspecified atom stereocenters.